The van der Waals surface area contributed by atoms with E-state index in [4.69, 9.17) is 4.74 Å². The molecular weight excluding hydrogens is 222 g/mol. The van der Waals surface area contributed by atoms with Crippen molar-refractivity contribution in [2.75, 3.05) is 19.7 Å². The predicted molar refractivity (Wildman–Crippen MR) is 76.8 cm³/mol. The normalized spacial score (nSPS) is 24.7. The Morgan fingerprint density at radius 2 is 2.11 bits per heavy atom. The molecule has 18 heavy (non-hydrogen) atoms. The zero-order chi connectivity index (χ0) is 13.0. The summed E-state index contributed by atoms with van der Waals surface area (Å²) >= 11 is 0. The van der Waals surface area contributed by atoms with Crippen LogP contribution in [0.15, 0.2) is 22.8 Å². The van der Waals surface area contributed by atoms with Crippen molar-refractivity contribution in [2.45, 2.75) is 58.5 Å². The minimum Gasteiger partial charge on any atom is -0.370 e. The summed E-state index contributed by atoms with van der Waals surface area (Å²) in [6, 6.07) is 0. The molecule has 1 N–H and O–H groups in total. The zero-order valence-corrected chi connectivity index (χ0v) is 12.1. The van der Waals surface area contributed by atoms with Crippen LogP contribution in [0.25, 0.3) is 0 Å². The molecule has 1 spiro atoms. The second-order valence-electron chi connectivity index (χ2n) is 5.78. The van der Waals surface area contributed by atoms with Gasteiger partial charge in [-0.3, -0.25) is 0 Å². The molecule has 0 radical (unpaired) electrons. The molecule has 102 valence electrons. The summed E-state index contributed by atoms with van der Waals surface area (Å²) in [6.07, 6.45) is 8.18. The molecule has 2 heterocycles. The smallest absolute Gasteiger partial charge is 0.0955 e. The second kappa shape index (κ2) is 6.03. The molecule has 0 atom stereocenters. The van der Waals surface area contributed by atoms with Crippen LogP contribution in [0.5, 0.6) is 0 Å². The molecule has 0 unspecified atom stereocenters. The first kappa shape index (κ1) is 13.8. The standard InChI is InChI=1S/C16H27NO/c1-4-5-13(2)12-15-14(3)6-11-18-16(15)7-9-17-10-8-16/h12,17H,4-11H2,1-3H3/b13-12+. The van der Waals surface area contributed by atoms with Crippen LogP contribution in [0.2, 0.25) is 0 Å². The predicted octanol–water partition coefficient (Wildman–Crippen LogP) is 3.59. The maximum absolute atomic E-state index is 6.23. The number of rotatable bonds is 3. The molecule has 0 aliphatic carbocycles. The third-order valence-corrected chi connectivity index (χ3v) is 4.25. The molecule has 0 aromatic rings. The Balaban J connectivity index is 2.28. The maximum atomic E-state index is 6.23. The number of piperidine rings is 1. The minimum atomic E-state index is 0.0165. The monoisotopic (exact) mass is 249 g/mol. The van der Waals surface area contributed by atoms with Gasteiger partial charge >= 0.3 is 0 Å². The van der Waals surface area contributed by atoms with Gasteiger partial charge < -0.3 is 10.1 Å². The van der Waals surface area contributed by atoms with Crippen molar-refractivity contribution in [3.63, 3.8) is 0 Å². The summed E-state index contributed by atoms with van der Waals surface area (Å²) in [5.74, 6) is 0. The summed E-state index contributed by atoms with van der Waals surface area (Å²) in [7, 11) is 0. The number of nitrogens with one attached hydrogen (secondary N) is 1. The van der Waals surface area contributed by atoms with E-state index in [1.54, 1.807) is 5.57 Å². The van der Waals surface area contributed by atoms with E-state index in [0.717, 1.165) is 39.0 Å². The van der Waals surface area contributed by atoms with E-state index in [2.05, 4.69) is 32.2 Å². The number of hydrogen-bond acceptors (Lipinski definition) is 2. The van der Waals surface area contributed by atoms with Gasteiger partial charge in [0.25, 0.3) is 0 Å². The van der Waals surface area contributed by atoms with E-state index in [9.17, 15) is 0 Å². The first-order chi connectivity index (χ1) is 8.68. The Hall–Kier alpha value is -0.600. The largest absolute Gasteiger partial charge is 0.370 e. The lowest BCUT2D eigenvalue weighted by atomic mass is 9.79. The van der Waals surface area contributed by atoms with Crippen LogP contribution >= 0.6 is 0 Å². The number of hydrogen-bond donors (Lipinski definition) is 1. The third-order valence-electron chi connectivity index (χ3n) is 4.25. The highest BCUT2D eigenvalue weighted by Crippen LogP contribution is 2.39. The first-order valence-corrected chi connectivity index (χ1v) is 7.40. The fraction of sp³-hybridized carbons (Fsp3) is 0.750. The average Bonchev–Trinajstić information content (AvgIpc) is 2.36. The Morgan fingerprint density at radius 1 is 1.39 bits per heavy atom. The molecule has 2 nitrogen and oxygen atoms in total. The molecular formula is C16H27NO. The van der Waals surface area contributed by atoms with Crippen LogP contribution in [0.1, 0.15) is 52.9 Å². The molecule has 0 aromatic heterocycles. The first-order valence-electron chi connectivity index (χ1n) is 7.40. The molecule has 0 saturated carbocycles. The Labute approximate surface area is 111 Å². The van der Waals surface area contributed by atoms with Crippen LogP contribution < -0.4 is 5.32 Å². The molecule has 0 amide bonds. The van der Waals surface area contributed by atoms with Gasteiger partial charge in [0, 0.05) is 0 Å². The molecule has 1 fully saturated rings. The summed E-state index contributed by atoms with van der Waals surface area (Å²) in [6.45, 7) is 9.85. The van der Waals surface area contributed by atoms with Gasteiger partial charge in [-0.15, -0.1) is 0 Å². The van der Waals surface area contributed by atoms with E-state index in [0.29, 0.717) is 0 Å². The van der Waals surface area contributed by atoms with E-state index in [1.165, 1.54) is 24.0 Å². The lowest BCUT2D eigenvalue weighted by Crippen LogP contribution is -2.47. The zero-order valence-electron chi connectivity index (χ0n) is 12.1. The molecule has 1 saturated heterocycles. The topological polar surface area (TPSA) is 21.3 Å². The lowest BCUT2D eigenvalue weighted by molar-refractivity contribution is -0.0436. The van der Waals surface area contributed by atoms with E-state index >= 15 is 0 Å². The molecule has 2 aliphatic heterocycles. The summed E-state index contributed by atoms with van der Waals surface area (Å²) in [5.41, 5.74) is 4.54. The van der Waals surface area contributed by atoms with Crippen LogP contribution in [0.3, 0.4) is 0 Å². The van der Waals surface area contributed by atoms with Crippen LogP contribution in [0, 0.1) is 0 Å². The van der Waals surface area contributed by atoms with Gasteiger partial charge in [-0.1, -0.05) is 30.6 Å². The number of ether oxygens (including phenoxy) is 1. The fourth-order valence-electron chi connectivity index (χ4n) is 3.21. The second-order valence-corrected chi connectivity index (χ2v) is 5.78. The van der Waals surface area contributed by atoms with Crippen LogP contribution in [-0.4, -0.2) is 25.3 Å². The van der Waals surface area contributed by atoms with Crippen molar-refractivity contribution in [1.82, 2.24) is 5.32 Å². The number of allylic oxidation sites excluding steroid dienone is 1. The molecule has 2 rings (SSSR count). The average molecular weight is 249 g/mol. The van der Waals surface area contributed by atoms with Gasteiger partial charge in [-0.25, -0.2) is 0 Å². The summed E-state index contributed by atoms with van der Waals surface area (Å²) in [4.78, 5) is 0. The Bertz CT molecular complexity index is 348. The molecule has 0 aromatic carbocycles. The lowest BCUT2D eigenvalue weighted by Gasteiger charge is -2.42. The van der Waals surface area contributed by atoms with Crippen molar-refractivity contribution in [1.29, 1.82) is 0 Å². The maximum Gasteiger partial charge on any atom is 0.0955 e. The van der Waals surface area contributed by atoms with Crippen LogP contribution in [0.4, 0.5) is 0 Å². The SMILES string of the molecule is CCC/C(C)=C/C1=C(C)CCOC12CCNCC2. The van der Waals surface area contributed by atoms with Crippen molar-refractivity contribution in [2.24, 2.45) is 0 Å². The van der Waals surface area contributed by atoms with Crippen molar-refractivity contribution < 1.29 is 4.74 Å². The van der Waals surface area contributed by atoms with Gasteiger partial charge in [-0.05, 0) is 58.2 Å². The molecule has 2 aliphatic rings. The van der Waals surface area contributed by atoms with Gasteiger partial charge in [0.15, 0.2) is 0 Å². The highest BCUT2D eigenvalue weighted by Gasteiger charge is 2.38. The van der Waals surface area contributed by atoms with Crippen molar-refractivity contribution >= 4 is 0 Å². The fourth-order valence-corrected chi connectivity index (χ4v) is 3.21. The van der Waals surface area contributed by atoms with E-state index < -0.39 is 0 Å². The van der Waals surface area contributed by atoms with Crippen molar-refractivity contribution in [3.8, 4) is 0 Å². The summed E-state index contributed by atoms with van der Waals surface area (Å²) < 4.78 is 6.23. The van der Waals surface area contributed by atoms with Gasteiger partial charge in [0.05, 0.1) is 12.2 Å². The van der Waals surface area contributed by atoms with Gasteiger partial charge in [-0.2, -0.15) is 0 Å². The highest BCUT2D eigenvalue weighted by molar-refractivity contribution is 5.38. The Kier molecular flexibility index (Phi) is 4.63. The third kappa shape index (κ3) is 2.86. The van der Waals surface area contributed by atoms with E-state index in [1.807, 2.05) is 0 Å². The quantitative estimate of drug-likeness (QED) is 0.825. The minimum absolute atomic E-state index is 0.0165. The van der Waals surface area contributed by atoms with E-state index in [-0.39, 0.29) is 5.60 Å². The van der Waals surface area contributed by atoms with Gasteiger partial charge in [0.2, 0.25) is 0 Å². The molecule has 2 heteroatoms. The van der Waals surface area contributed by atoms with Gasteiger partial charge in [0.1, 0.15) is 0 Å². The summed E-state index contributed by atoms with van der Waals surface area (Å²) in [5, 5.41) is 3.45. The highest BCUT2D eigenvalue weighted by atomic mass is 16.5. The Morgan fingerprint density at radius 3 is 2.78 bits per heavy atom. The molecule has 0 bridgehead atoms. The van der Waals surface area contributed by atoms with Crippen molar-refractivity contribution in [3.05, 3.63) is 22.8 Å². The van der Waals surface area contributed by atoms with Crippen LogP contribution in [-0.2, 0) is 4.74 Å².